The van der Waals surface area contributed by atoms with Crippen LogP contribution in [0.4, 0.5) is 30.7 Å². The highest BCUT2D eigenvalue weighted by atomic mass is 19.4. The van der Waals surface area contributed by atoms with Crippen molar-refractivity contribution >= 4 is 12.1 Å². The van der Waals surface area contributed by atoms with Gasteiger partial charge in [0.2, 0.25) is 0 Å². The third kappa shape index (κ3) is 6.72. The molecular formula is C26H20F7N5O. The van der Waals surface area contributed by atoms with Crippen molar-refractivity contribution in [1.82, 2.24) is 15.5 Å². The highest BCUT2D eigenvalue weighted by molar-refractivity contribution is 5.89. The molecule has 1 aliphatic heterocycles. The number of nitrogens with one attached hydrogen (secondary N) is 1. The van der Waals surface area contributed by atoms with Gasteiger partial charge >= 0.3 is 12.4 Å². The molecule has 0 atom stereocenters. The van der Waals surface area contributed by atoms with Gasteiger partial charge in [-0.15, -0.1) is 0 Å². The molecule has 0 amide bonds. The quantitative estimate of drug-likeness (QED) is 0.205. The molecule has 0 radical (unpaired) electrons. The Morgan fingerprint density at radius 2 is 1.79 bits per heavy atom. The van der Waals surface area contributed by atoms with E-state index in [2.05, 4.69) is 27.1 Å². The summed E-state index contributed by atoms with van der Waals surface area (Å²) in [5.41, 5.74) is -2.33. The Labute approximate surface area is 217 Å². The van der Waals surface area contributed by atoms with Gasteiger partial charge in [-0.05, 0) is 25.1 Å². The van der Waals surface area contributed by atoms with Crippen LogP contribution in [0.5, 0.6) is 0 Å². The van der Waals surface area contributed by atoms with Crippen molar-refractivity contribution < 1.29 is 35.3 Å². The van der Waals surface area contributed by atoms with Gasteiger partial charge in [-0.1, -0.05) is 36.0 Å². The first kappa shape index (κ1) is 27.6. The van der Waals surface area contributed by atoms with E-state index in [1.165, 1.54) is 23.4 Å². The summed E-state index contributed by atoms with van der Waals surface area (Å²) in [7, 11) is 0. The molecule has 0 aliphatic carbocycles. The lowest BCUT2D eigenvalue weighted by molar-refractivity contribution is -0.142. The minimum absolute atomic E-state index is 0.0426. The van der Waals surface area contributed by atoms with Crippen LogP contribution in [0, 0.1) is 5.82 Å². The van der Waals surface area contributed by atoms with Gasteiger partial charge in [-0.2, -0.15) is 31.4 Å². The zero-order chi connectivity index (χ0) is 28.4. The van der Waals surface area contributed by atoms with E-state index >= 15 is 0 Å². The number of alkyl halides is 6. The molecule has 0 spiro atoms. The molecule has 6 nitrogen and oxygen atoms in total. The van der Waals surface area contributed by atoms with Crippen LogP contribution in [0.3, 0.4) is 0 Å². The van der Waals surface area contributed by atoms with Crippen LogP contribution in [0.1, 0.15) is 29.4 Å². The maximum absolute atomic E-state index is 13.8. The lowest BCUT2D eigenvalue weighted by atomic mass is 10.0. The number of aliphatic imine (C=N–C) groups is 1. The smallest absolute Gasteiger partial charge is 0.359 e. The van der Waals surface area contributed by atoms with E-state index < -0.39 is 29.0 Å². The first-order chi connectivity index (χ1) is 18.3. The molecule has 1 N–H and O–H groups in total. The number of hydrazone groups is 1. The lowest BCUT2D eigenvalue weighted by Gasteiger charge is -2.21. The summed E-state index contributed by atoms with van der Waals surface area (Å²) in [6, 6.07) is 8.73. The zero-order valence-electron chi connectivity index (χ0n) is 20.2. The normalized spacial score (nSPS) is 14.6. The fourth-order valence-corrected chi connectivity index (χ4v) is 3.60. The molecule has 0 unspecified atom stereocenters. The van der Waals surface area contributed by atoms with Crippen molar-refractivity contribution in [2.45, 2.75) is 32.4 Å². The van der Waals surface area contributed by atoms with Crippen molar-refractivity contribution in [3.8, 4) is 11.3 Å². The van der Waals surface area contributed by atoms with Gasteiger partial charge in [0, 0.05) is 29.0 Å². The highest BCUT2D eigenvalue weighted by Gasteiger charge is 2.39. The first-order valence-corrected chi connectivity index (χ1v) is 11.3. The largest absolute Gasteiger partial charge is 0.417 e. The van der Waals surface area contributed by atoms with Gasteiger partial charge in [0.15, 0.2) is 5.76 Å². The molecule has 13 heteroatoms. The molecule has 0 bridgehead atoms. The topological polar surface area (TPSA) is 66.0 Å². The summed E-state index contributed by atoms with van der Waals surface area (Å²) in [5.74, 6) is 0.187. The molecule has 0 saturated heterocycles. The van der Waals surface area contributed by atoms with Crippen LogP contribution in [0.15, 0.2) is 87.2 Å². The summed E-state index contributed by atoms with van der Waals surface area (Å²) >= 11 is 0. The molecule has 1 aromatic heterocycles. The molecule has 2 heterocycles. The minimum atomic E-state index is -5.05. The highest BCUT2D eigenvalue weighted by Crippen LogP contribution is 2.40. The molecule has 2 aromatic carbocycles. The van der Waals surface area contributed by atoms with Gasteiger partial charge in [0.05, 0.1) is 35.4 Å². The van der Waals surface area contributed by atoms with Gasteiger partial charge in [-0.25, -0.2) is 4.39 Å². The van der Waals surface area contributed by atoms with Gasteiger partial charge in [0.1, 0.15) is 18.1 Å². The molecular weight excluding hydrogens is 531 g/mol. The molecule has 0 fully saturated rings. The fourth-order valence-electron chi connectivity index (χ4n) is 3.60. The second-order valence-corrected chi connectivity index (χ2v) is 8.46. The molecule has 1 aliphatic rings. The minimum Gasteiger partial charge on any atom is -0.359 e. The average molecular weight is 551 g/mol. The SMILES string of the molecule is C=C1C=NN(Cc2cc(-c3ccc(C(F)(F)F)cc3C(F)(F)F)no2)C=C1NC(C)=NCc1ccccc1F. The summed E-state index contributed by atoms with van der Waals surface area (Å²) in [6.07, 6.45) is -7.02. The van der Waals surface area contributed by atoms with E-state index in [0.29, 0.717) is 34.8 Å². The average Bonchev–Trinajstić information content (AvgIpc) is 3.32. The van der Waals surface area contributed by atoms with Gasteiger partial charge in [-0.3, -0.25) is 10.0 Å². The van der Waals surface area contributed by atoms with Crippen LogP contribution in [0.25, 0.3) is 11.3 Å². The number of halogens is 7. The second kappa shape index (κ2) is 10.8. The van der Waals surface area contributed by atoms with E-state index in [1.54, 1.807) is 31.3 Å². The Morgan fingerprint density at radius 1 is 1.05 bits per heavy atom. The Hall–Kier alpha value is -4.42. The van der Waals surface area contributed by atoms with Crippen LogP contribution in [0.2, 0.25) is 0 Å². The predicted octanol–water partition coefficient (Wildman–Crippen LogP) is 6.93. The maximum atomic E-state index is 13.8. The van der Waals surface area contributed by atoms with Crippen molar-refractivity contribution in [3.63, 3.8) is 0 Å². The Morgan fingerprint density at radius 3 is 2.49 bits per heavy atom. The van der Waals surface area contributed by atoms with Crippen LogP contribution in [-0.2, 0) is 25.4 Å². The van der Waals surface area contributed by atoms with Crippen molar-refractivity contribution in [2.75, 3.05) is 0 Å². The van der Waals surface area contributed by atoms with Gasteiger partial charge in [0.25, 0.3) is 0 Å². The number of aromatic nitrogens is 1. The molecule has 204 valence electrons. The van der Waals surface area contributed by atoms with Crippen molar-refractivity contribution in [1.29, 1.82) is 0 Å². The second-order valence-electron chi connectivity index (χ2n) is 8.46. The molecule has 0 saturated carbocycles. The number of benzene rings is 2. The van der Waals surface area contributed by atoms with Crippen LogP contribution < -0.4 is 5.32 Å². The van der Waals surface area contributed by atoms with E-state index in [1.807, 2.05) is 0 Å². The molecule has 4 rings (SSSR count). The van der Waals surface area contributed by atoms with E-state index in [4.69, 9.17) is 4.52 Å². The summed E-state index contributed by atoms with van der Waals surface area (Å²) in [4.78, 5) is 4.31. The third-order valence-electron chi connectivity index (χ3n) is 5.55. The van der Waals surface area contributed by atoms with Crippen LogP contribution in [-0.4, -0.2) is 22.2 Å². The standard InChI is InChI=1S/C26H20F7N5O/c1-15-11-35-38(14-24(15)36-16(2)34-12-17-5-3-4-6-22(17)27)13-19-10-23(37-39-19)20-8-7-18(25(28,29)30)9-21(20)26(31,32)33/h3-11,14H,1,12-13H2,2H3,(H,34,36). The molecule has 39 heavy (non-hydrogen) atoms. The Bertz CT molecular complexity index is 1470. The maximum Gasteiger partial charge on any atom is 0.417 e. The van der Waals surface area contributed by atoms with E-state index in [0.717, 1.165) is 0 Å². The van der Waals surface area contributed by atoms with Gasteiger partial charge < -0.3 is 9.84 Å². The predicted molar refractivity (Wildman–Crippen MR) is 130 cm³/mol. The summed E-state index contributed by atoms with van der Waals surface area (Å²) in [6.45, 7) is 5.60. The summed E-state index contributed by atoms with van der Waals surface area (Å²) < 4.78 is 98.5. The number of allylic oxidation sites excluding steroid dienone is 1. The number of hydrogen-bond acceptors (Lipinski definition) is 5. The number of amidine groups is 1. The third-order valence-corrected chi connectivity index (χ3v) is 5.55. The first-order valence-electron chi connectivity index (χ1n) is 11.3. The fraction of sp³-hybridized carbons (Fsp3) is 0.192. The summed E-state index contributed by atoms with van der Waals surface area (Å²) in [5, 5.41) is 12.2. The number of hydrogen-bond donors (Lipinski definition) is 1. The van der Waals surface area contributed by atoms with E-state index in [-0.39, 0.29) is 36.4 Å². The number of rotatable bonds is 6. The van der Waals surface area contributed by atoms with Crippen molar-refractivity contribution in [2.24, 2.45) is 10.1 Å². The van der Waals surface area contributed by atoms with Crippen molar-refractivity contribution in [3.05, 3.63) is 101 Å². The Balaban J connectivity index is 1.50. The molecule has 3 aromatic rings. The van der Waals surface area contributed by atoms with Crippen LogP contribution >= 0.6 is 0 Å². The zero-order valence-corrected chi connectivity index (χ0v) is 20.2. The lowest BCUT2D eigenvalue weighted by Crippen LogP contribution is -2.26. The monoisotopic (exact) mass is 551 g/mol. The van der Waals surface area contributed by atoms with E-state index in [9.17, 15) is 30.7 Å². The number of nitrogens with zero attached hydrogens (tertiary/aromatic N) is 4. The Kier molecular flexibility index (Phi) is 7.61.